The van der Waals surface area contributed by atoms with E-state index in [0.717, 1.165) is 4.47 Å². The first-order chi connectivity index (χ1) is 11.5. The number of halogens is 1. The smallest absolute Gasteiger partial charge is 0.270 e. The number of nitro groups is 1. The van der Waals surface area contributed by atoms with E-state index in [1.54, 1.807) is 24.3 Å². The van der Waals surface area contributed by atoms with Gasteiger partial charge >= 0.3 is 0 Å². The van der Waals surface area contributed by atoms with Crippen molar-refractivity contribution in [3.05, 3.63) is 68.2 Å². The molecule has 0 aliphatic heterocycles. The molecule has 0 aromatic heterocycles. The average molecular weight is 389 g/mol. The third kappa shape index (κ3) is 4.54. The zero-order valence-electron chi connectivity index (χ0n) is 12.5. The number of benzene rings is 2. The van der Waals surface area contributed by atoms with E-state index in [1.165, 1.54) is 18.2 Å². The van der Waals surface area contributed by atoms with Crippen molar-refractivity contribution < 1.29 is 9.72 Å². The number of anilines is 1. The molecule has 24 heavy (non-hydrogen) atoms. The predicted molar refractivity (Wildman–Crippen MR) is 92.8 cm³/mol. The number of hydrogen-bond acceptors (Lipinski definition) is 5. The van der Waals surface area contributed by atoms with Gasteiger partial charge in [-0.1, -0.05) is 15.9 Å². The van der Waals surface area contributed by atoms with Gasteiger partial charge in [-0.05, 0) is 30.3 Å². The van der Waals surface area contributed by atoms with Crippen molar-refractivity contribution in [3.63, 3.8) is 0 Å². The lowest BCUT2D eigenvalue weighted by Crippen LogP contribution is -2.28. The van der Waals surface area contributed by atoms with Crippen LogP contribution in [-0.2, 0) is 0 Å². The van der Waals surface area contributed by atoms with E-state index in [-0.39, 0.29) is 17.2 Å². The first-order valence-electron chi connectivity index (χ1n) is 6.97. The second-order valence-corrected chi connectivity index (χ2v) is 5.70. The highest BCUT2D eigenvalue weighted by Crippen LogP contribution is 2.21. The standard InChI is InChI=1S/C16H13BrN4O3/c17-13-3-1-11(2-4-13)16(22)20-8-7-19-15-6-5-14(21(23)24)9-12(15)10-18/h1-6,9,19H,7-8H2,(H,20,22). The summed E-state index contributed by atoms with van der Waals surface area (Å²) in [6, 6.07) is 12.9. The van der Waals surface area contributed by atoms with Gasteiger partial charge in [0.05, 0.1) is 16.2 Å². The first-order valence-corrected chi connectivity index (χ1v) is 7.76. The molecule has 0 saturated heterocycles. The maximum Gasteiger partial charge on any atom is 0.270 e. The highest BCUT2D eigenvalue weighted by Gasteiger charge is 2.10. The molecule has 1 amide bonds. The van der Waals surface area contributed by atoms with Crippen molar-refractivity contribution >= 4 is 33.2 Å². The van der Waals surface area contributed by atoms with Crippen LogP contribution in [0.2, 0.25) is 0 Å². The minimum absolute atomic E-state index is 0.138. The van der Waals surface area contributed by atoms with Gasteiger partial charge in [0.25, 0.3) is 11.6 Å². The number of nitriles is 1. The molecule has 0 heterocycles. The first kappa shape index (κ1) is 17.4. The van der Waals surface area contributed by atoms with Gasteiger partial charge in [-0.25, -0.2) is 0 Å². The van der Waals surface area contributed by atoms with Crippen molar-refractivity contribution in [1.82, 2.24) is 5.32 Å². The molecule has 0 aliphatic carbocycles. The Bertz CT molecular complexity index is 800. The highest BCUT2D eigenvalue weighted by atomic mass is 79.9. The van der Waals surface area contributed by atoms with Crippen LogP contribution in [0, 0.1) is 21.4 Å². The SMILES string of the molecule is N#Cc1cc([N+](=O)[O-])ccc1NCCNC(=O)c1ccc(Br)cc1. The van der Waals surface area contributed by atoms with Crippen LogP contribution in [0.3, 0.4) is 0 Å². The lowest BCUT2D eigenvalue weighted by Gasteiger charge is -2.09. The zero-order chi connectivity index (χ0) is 17.5. The summed E-state index contributed by atoms with van der Waals surface area (Å²) in [7, 11) is 0. The Balaban J connectivity index is 1.88. The number of carbonyl (C=O) groups is 1. The summed E-state index contributed by atoms with van der Waals surface area (Å²) in [4.78, 5) is 22.1. The Morgan fingerprint density at radius 1 is 1.21 bits per heavy atom. The molecule has 2 aromatic carbocycles. The van der Waals surface area contributed by atoms with Crippen LogP contribution in [0.25, 0.3) is 0 Å². The van der Waals surface area contributed by atoms with Gasteiger partial charge < -0.3 is 10.6 Å². The fourth-order valence-corrected chi connectivity index (χ4v) is 2.23. The van der Waals surface area contributed by atoms with E-state index in [1.807, 2.05) is 6.07 Å². The number of nitrogens with one attached hydrogen (secondary N) is 2. The van der Waals surface area contributed by atoms with Gasteiger partial charge in [0, 0.05) is 35.3 Å². The second kappa shape index (κ2) is 8.08. The highest BCUT2D eigenvalue weighted by molar-refractivity contribution is 9.10. The molecule has 2 rings (SSSR count). The number of carbonyl (C=O) groups excluding carboxylic acids is 1. The van der Waals surface area contributed by atoms with Gasteiger partial charge in [-0.2, -0.15) is 5.26 Å². The molecule has 2 N–H and O–H groups in total. The molecule has 0 radical (unpaired) electrons. The Hall–Kier alpha value is -2.92. The number of nitro benzene ring substituents is 1. The lowest BCUT2D eigenvalue weighted by atomic mass is 10.1. The minimum Gasteiger partial charge on any atom is -0.382 e. The molecule has 0 unspecified atom stereocenters. The summed E-state index contributed by atoms with van der Waals surface area (Å²) in [6.45, 7) is 0.728. The van der Waals surface area contributed by atoms with Gasteiger partial charge in [0.15, 0.2) is 0 Å². The number of hydrogen-bond donors (Lipinski definition) is 2. The molecule has 0 fully saturated rings. The normalized spacial score (nSPS) is 9.83. The molecule has 122 valence electrons. The van der Waals surface area contributed by atoms with Crippen molar-refractivity contribution in [3.8, 4) is 6.07 Å². The maximum atomic E-state index is 11.9. The largest absolute Gasteiger partial charge is 0.382 e. The van der Waals surface area contributed by atoms with Crippen molar-refractivity contribution in [2.45, 2.75) is 0 Å². The average Bonchev–Trinajstić information content (AvgIpc) is 2.59. The molecule has 7 nitrogen and oxygen atoms in total. The molecule has 0 spiro atoms. The second-order valence-electron chi connectivity index (χ2n) is 4.79. The van der Waals surface area contributed by atoms with Crippen LogP contribution in [0.15, 0.2) is 46.9 Å². The fraction of sp³-hybridized carbons (Fsp3) is 0.125. The summed E-state index contributed by atoms with van der Waals surface area (Å²) >= 11 is 3.30. The van der Waals surface area contributed by atoms with Gasteiger partial charge in [-0.15, -0.1) is 0 Å². The third-order valence-corrected chi connectivity index (χ3v) is 3.70. The summed E-state index contributed by atoms with van der Waals surface area (Å²) in [5.41, 5.74) is 1.08. The molecule has 0 atom stereocenters. The third-order valence-electron chi connectivity index (χ3n) is 3.17. The Morgan fingerprint density at radius 2 is 1.92 bits per heavy atom. The van der Waals surface area contributed by atoms with Crippen LogP contribution in [0.1, 0.15) is 15.9 Å². The van der Waals surface area contributed by atoms with Crippen LogP contribution in [0.5, 0.6) is 0 Å². The molecule has 0 aliphatic rings. The van der Waals surface area contributed by atoms with Crippen LogP contribution < -0.4 is 10.6 Å². The molecule has 0 bridgehead atoms. The topological polar surface area (TPSA) is 108 Å². The quantitative estimate of drug-likeness (QED) is 0.449. The van der Waals surface area contributed by atoms with E-state index in [9.17, 15) is 14.9 Å². The van der Waals surface area contributed by atoms with E-state index < -0.39 is 4.92 Å². The predicted octanol–water partition coefficient (Wildman–Crippen LogP) is 3.07. The number of amides is 1. The Labute approximate surface area is 146 Å². The van der Waals surface area contributed by atoms with Gasteiger partial charge in [0.2, 0.25) is 0 Å². The van der Waals surface area contributed by atoms with Crippen molar-refractivity contribution in [2.75, 3.05) is 18.4 Å². The zero-order valence-corrected chi connectivity index (χ0v) is 14.0. The fourth-order valence-electron chi connectivity index (χ4n) is 1.97. The van der Waals surface area contributed by atoms with Crippen LogP contribution in [0.4, 0.5) is 11.4 Å². The monoisotopic (exact) mass is 388 g/mol. The maximum absolute atomic E-state index is 11.9. The van der Waals surface area contributed by atoms with Crippen molar-refractivity contribution in [1.29, 1.82) is 5.26 Å². The summed E-state index contributed by atoms with van der Waals surface area (Å²) in [5.74, 6) is -0.200. The number of non-ortho nitro benzene ring substituents is 1. The van der Waals surface area contributed by atoms with Gasteiger partial charge in [-0.3, -0.25) is 14.9 Å². The summed E-state index contributed by atoms with van der Waals surface area (Å²) < 4.78 is 0.892. The lowest BCUT2D eigenvalue weighted by molar-refractivity contribution is -0.384. The Kier molecular flexibility index (Phi) is 5.87. The molecule has 8 heteroatoms. The Morgan fingerprint density at radius 3 is 2.54 bits per heavy atom. The number of nitrogens with zero attached hydrogens (tertiary/aromatic N) is 2. The summed E-state index contributed by atoms with van der Waals surface area (Å²) in [5, 5.41) is 25.5. The minimum atomic E-state index is -0.553. The molecular weight excluding hydrogens is 376 g/mol. The van der Waals surface area contributed by atoms with E-state index in [0.29, 0.717) is 24.3 Å². The van der Waals surface area contributed by atoms with Crippen LogP contribution >= 0.6 is 15.9 Å². The summed E-state index contributed by atoms with van der Waals surface area (Å²) in [6.07, 6.45) is 0. The van der Waals surface area contributed by atoms with E-state index in [2.05, 4.69) is 26.6 Å². The van der Waals surface area contributed by atoms with E-state index in [4.69, 9.17) is 5.26 Å². The van der Waals surface area contributed by atoms with Gasteiger partial charge in [0.1, 0.15) is 6.07 Å². The van der Waals surface area contributed by atoms with E-state index >= 15 is 0 Å². The molecule has 0 saturated carbocycles. The van der Waals surface area contributed by atoms with Crippen LogP contribution in [-0.4, -0.2) is 23.9 Å². The molecular formula is C16H13BrN4O3. The van der Waals surface area contributed by atoms with Crippen molar-refractivity contribution in [2.24, 2.45) is 0 Å². The molecule has 2 aromatic rings. The number of rotatable bonds is 6.